The highest BCUT2D eigenvalue weighted by atomic mass is 31.2. The van der Waals surface area contributed by atoms with Gasteiger partial charge >= 0.3 is 5.97 Å². The van der Waals surface area contributed by atoms with Crippen molar-refractivity contribution in [3.8, 4) is 0 Å². The van der Waals surface area contributed by atoms with E-state index in [1.807, 2.05) is 21.1 Å². The number of ether oxygens (including phenoxy) is 2. The molecule has 0 aromatic heterocycles. The Morgan fingerprint density at radius 1 is 0.593 bits per heavy atom. The van der Waals surface area contributed by atoms with E-state index in [1.54, 1.807) is 0 Å². The number of allylic oxidation sites excluding steroid dienone is 12. The zero-order chi connectivity index (χ0) is 39.9. The lowest BCUT2D eigenvalue weighted by Gasteiger charge is -2.28. The fraction of sp³-hybridized carbons (Fsp3) is 0.711. The molecule has 2 unspecified atom stereocenters. The van der Waals surface area contributed by atoms with E-state index in [0.717, 1.165) is 70.6 Å². The summed E-state index contributed by atoms with van der Waals surface area (Å²) in [5.41, 5.74) is 0. The summed E-state index contributed by atoms with van der Waals surface area (Å²) < 4.78 is 34.5. The van der Waals surface area contributed by atoms with E-state index >= 15 is 0 Å². The van der Waals surface area contributed by atoms with Crippen LogP contribution in [0.1, 0.15) is 149 Å². The van der Waals surface area contributed by atoms with Gasteiger partial charge in [-0.25, -0.2) is 0 Å². The Morgan fingerprint density at radius 3 is 1.63 bits per heavy atom. The summed E-state index contributed by atoms with van der Waals surface area (Å²) in [6.07, 6.45) is 47.7. The fourth-order valence-electron chi connectivity index (χ4n) is 5.21. The lowest BCUT2D eigenvalue weighted by molar-refractivity contribution is -0.870. The lowest BCUT2D eigenvalue weighted by Crippen LogP contribution is -2.37. The highest BCUT2D eigenvalue weighted by molar-refractivity contribution is 7.45. The van der Waals surface area contributed by atoms with Gasteiger partial charge in [0.1, 0.15) is 19.3 Å². The first kappa shape index (κ1) is 51.9. The number of quaternary nitrogens is 1. The molecule has 0 saturated heterocycles. The summed E-state index contributed by atoms with van der Waals surface area (Å²) in [6.45, 7) is 5.19. The van der Waals surface area contributed by atoms with Crippen LogP contribution in [-0.4, -0.2) is 70.7 Å². The number of unbranched alkanes of at least 4 members (excludes halogenated alkanes) is 12. The number of carbonyl (C=O) groups excluding carboxylic acids is 1. The highest BCUT2D eigenvalue weighted by Gasteiger charge is 2.20. The Balaban J connectivity index is 4.35. The minimum absolute atomic E-state index is 0.0145. The van der Waals surface area contributed by atoms with Crippen molar-refractivity contribution in [1.29, 1.82) is 0 Å². The summed E-state index contributed by atoms with van der Waals surface area (Å²) in [5, 5.41) is 0. The molecule has 0 aromatic carbocycles. The van der Waals surface area contributed by atoms with Gasteiger partial charge < -0.3 is 27.9 Å². The molecule has 54 heavy (non-hydrogen) atoms. The molecule has 0 bridgehead atoms. The van der Waals surface area contributed by atoms with Crippen molar-refractivity contribution in [1.82, 2.24) is 0 Å². The van der Waals surface area contributed by atoms with Crippen LogP contribution in [0.15, 0.2) is 72.9 Å². The summed E-state index contributed by atoms with van der Waals surface area (Å²) >= 11 is 0. The fourth-order valence-corrected chi connectivity index (χ4v) is 5.94. The van der Waals surface area contributed by atoms with Crippen molar-refractivity contribution in [2.75, 3.05) is 54.1 Å². The van der Waals surface area contributed by atoms with E-state index in [2.05, 4.69) is 86.8 Å². The van der Waals surface area contributed by atoms with Crippen LogP contribution in [0.2, 0.25) is 0 Å². The predicted molar refractivity (Wildman–Crippen MR) is 226 cm³/mol. The molecule has 2 atom stereocenters. The Hall–Kier alpha value is -2.06. The van der Waals surface area contributed by atoms with Crippen molar-refractivity contribution < 1.29 is 37.3 Å². The molecule has 0 spiro atoms. The summed E-state index contributed by atoms with van der Waals surface area (Å²) in [5.74, 6) is -0.371. The quantitative estimate of drug-likeness (QED) is 0.0202. The van der Waals surface area contributed by atoms with Crippen molar-refractivity contribution in [2.45, 2.75) is 155 Å². The molecule has 0 N–H and O–H groups in total. The van der Waals surface area contributed by atoms with Gasteiger partial charge in [-0.15, -0.1) is 0 Å². The topological polar surface area (TPSA) is 94.1 Å². The molecule has 0 heterocycles. The van der Waals surface area contributed by atoms with Crippen LogP contribution >= 0.6 is 7.82 Å². The molecule has 0 saturated carbocycles. The maximum Gasteiger partial charge on any atom is 0.306 e. The zero-order valence-electron chi connectivity index (χ0n) is 35.1. The van der Waals surface area contributed by atoms with E-state index in [-0.39, 0.29) is 32.2 Å². The normalized spacial score (nSPS) is 14.6. The first-order valence-electron chi connectivity index (χ1n) is 21.2. The number of phosphoric ester groups is 1. The number of carbonyl (C=O) groups is 1. The molecular formula is C45H80NO7P. The van der Waals surface area contributed by atoms with E-state index in [9.17, 15) is 14.3 Å². The van der Waals surface area contributed by atoms with Crippen LogP contribution in [0.4, 0.5) is 0 Å². The third kappa shape index (κ3) is 41.1. The Kier molecular flexibility index (Phi) is 36.4. The van der Waals surface area contributed by atoms with Gasteiger partial charge in [0.05, 0.1) is 34.4 Å². The summed E-state index contributed by atoms with van der Waals surface area (Å²) in [7, 11) is 1.32. The second kappa shape index (κ2) is 37.8. The van der Waals surface area contributed by atoms with Crippen LogP contribution in [0.25, 0.3) is 0 Å². The van der Waals surface area contributed by atoms with Gasteiger partial charge in [0.25, 0.3) is 7.82 Å². The smallest absolute Gasteiger partial charge is 0.306 e. The minimum atomic E-state index is -4.54. The molecule has 0 amide bonds. The highest BCUT2D eigenvalue weighted by Crippen LogP contribution is 2.38. The predicted octanol–water partition coefficient (Wildman–Crippen LogP) is 11.7. The molecule has 8 nitrogen and oxygen atoms in total. The van der Waals surface area contributed by atoms with E-state index < -0.39 is 13.9 Å². The second-order valence-corrected chi connectivity index (χ2v) is 16.4. The van der Waals surface area contributed by atoms with Crippen molar-refractivity contribution in [3.63, 3.8) is 0 Å². The monoisotopic (exact) mass is 778 g/mol. The third-order valence-corrected chi connectivity index (χ3v) is 9.46. The van der Waals surface area contributed by atoms with Crippen LogP contribution in [0, 0.1) is 0 Å². The van der Waals surface area contributed by atoms with Crippen LogP contribution in [0.5, 0.6) is 0 Å². The zero-order valence-corrected chi connectivity index (χ0v) is 36.0. The number of nitrogens with zero attached hydrogens (tertiary/aromatic N) is 1. The van der Waals surface area contributed by atoms with E-state index in [1.165, 1.54) is 51.4 Å². The van der Waals surface area contributed by atoms with Gasteiger partial charge in [0, 0.05) is 13.0 Å². The molecule has 0 fully saturated rings. The van der Waals surface area contributed by atoms with Gasteiger partial charge in [-0.1, -0.05) is 132 Å². The van der Waals surface area contributed by atoms with Crippen molar-refractivity contribution in [3.05, 3.63) is 72.9 Å². The third-order valence-electron chi connectivity index (χ3n) is 8.49. The molecule has 9 heteroatoms. The van der Waals surface area contributed by atoms with Crippen molar-refractivity contribution in [2.24, 2.45) is 0 Å². The van der Waals surface area contributed by atoms with Crippen LogP contribution in [-0.2, 0) is 27.9 Å². The van der Waals surface area contributed by atoms with Crippen molar-refractivity contribution >= 4 is 13.8 Å². The summed E-state index contributed by atoms with van der Waals surface area (Å²) in [6, 6.07) is 0. The average molecular weight is 778 g/mol. The Labute approximate surface area is 332 Å². The number of hydrogen-bond acceptors (Lipinski definition) is 7. The van der Waals surface area contributed by atoms with Gasteiger partial charge in [-0.3, -0.25) is 9.36 Å². The number of hydrogen-bond donors (Lipinski definition) is 0. The SMILES string of the molecule is CC/C=C\C/C=C\C/C=C\C/C=C\C/C=C\CCCCCC(=O)OC(COCCCCCCCC/C=C\CCCCC)COP(=O)([O-])OCC[N+](C)(C)C. The van der Waals surface area contributed by atoms with E-state index in [0.29, 0.717) is 24.1 Å². The van der Waals surface area contributed by atoms with Gasteiger partial charge in [0.2, 0.25) is 0 Å². The number of rotatable bonds is 38. The van der Waals surface area contributed by atoms with Crippen LogP contribution in [0.3, 0.4) is 0 Å². The number of esters is 1. The summed E-state index contributed by atoms with van der Waals surface area (Å²) in [4.78, 5) is 25.0. The lowest BCUT2D eigenvalue weighted by atomic mass is 10.1. The van der Waals surface area contributed by atoms with Crippen LogP contribution < -0.4 is 4.89 Å². The first-order valence-corrected chi connectivity index (χ1v) is 22.6. The largest absolute Gasteiger partial charge is 0.756 e. The molecule has 0 aliphatic carbocycles. The molecule has 312 valence electrons. The molecular weight excluding hydrogens is 697 g/mol. The molecule has 0 aliphatic rings. The van der Waals surface area contributed by atoms with Gasteiger partial charge in [-0.2, -0.15) is 0 Å². The number of likely N-dealkylation sites (N-methyl/N-ethyl adjacent to an activating group) is 1. The standard InChI is InChI=1S/C45H80NO7P/c1-6-8-10-12-14-16-18-20-21-22-23-24-25-26-28-30-32-34-36-38-45(47)53-44(43-52-54(48,49)51-41-39-46(3,4)5)42-50-40-37-35-33-31-29-27-19-17-15-13-11-9-7-2/h8,10,14-17,20-21,23-24,26,28,44H,6-7,9,11-13,18-19,22,25,27,29-43H2,1-5H3/b10-8-,16-14-,17-15-,21-20-,24-23-,28-26-. The van der Waals surface area contributed by atoms with E-state index in [4.69, 9.17) is 18.5 Å². The molecule has 0 aliphatic heterocycles. The number of phosphoric acid groups is 1. The molecule has 0 aromatic rings. The Bertz CT molecular complexity index is 1090. The first-order chi connectivity index (χ1) is 26.1. The van der Waals surface area contributed by atoms with Gasteiger partial charge in [0.15, 0.2) is 0 Å². The molecule has 0 rings (SSSR count). The van der Waals surface area contributed by atoms with Gasteiger partial charge in [-0.05, 0) is 83.5 Å². The second-order valence-electron chi connectivity index (χ2n) is 15.0. The maximum atomic E-state index is 12.7. The average Bonchev–Trinajstić information content (AvgIpc) is 3.12. The maximum absolute atomic E-state index is 12.7. The molecule has 0 radical (unpaired) electrons. The minimum Gasteiger partial charge on any atom is -0.756 e. The Morgan fingerprint density at radius 2 is 1.07 bits per heavy atom.